The van der Waals surface area contributed by atoms with Gasteiger partial charge in [0.2, 0.25) is 5.91 Å². The van der Waals surface area contributed by atoms with E-state index in [1.54, 1.807) is 6.07 Å². The van der Waals surface area contributed by atoms with Gasteiger partial charge in [0.05, 0.1) is 6.04 Å². The fourth-order valence-electron chi connectivity index (χ4n) is 3.37. The molecule has 1 heterocycles. The molecule has 2 unspecified atom stereocenters. The van der Waals surface area contributed by atoms with E-state index in [1.165, 1.54) is 12.1 Å². The molecule has 3 rings (SSSR count). The Hall–Kier alpha value is -1.62. The molecule has 1 aliphatic heterocycles. The first-order valence-corrected chi connectivity index (χ1v) is 8.93. The number of nitrogens with one attached hydrogen (secondary N) is 1. The minimum Gasteiger partial charge on any atom is -0.333 e. The van der Waals surface area contributed by atoms with Crippen molar-refractivity contribution in [3.63, 3.8) is 0 Å². The van der Waals surface area contributed by atoms with Crippen molar-refractivity contribution in [2.75, 3.05) is 19.6 Å². The molecule has 1 aliphatic rings. The molecule has 2 aromatic carbocycles. The van der Waals surface area contributed by atoms with Crippen molar-refractivity contribution < 1.29 is 9.18 Å². The number of piperazine rings is 1. The van der Waals surface area contributed by atoms with E-state index in [1.807, 2.05) is 42.2 Å². The number of carbonyl (C=O) groups excluding carboxylic acids is 1. The fourth-order valence-corrected chi connectivity index (χ4v) is 3.57. The summed E-state index contributed by atoms with van der Waals surface area (Å²) in [4.78, 5) is 15.0. The maximum absolute atomic E-state index is 13.4. The molecule has 0 bridgehead atoms. The lowest BCUT2D eigenvalue weighted by atomic mass is 9.96. The van der Waals surface area contributed by atoms with Crippen LogP contribution >= 0.6 is 24.0 Å². The molecule has 2 aromatic rings. The molecule has 3 nitrogen and oxygen atoms in total. The summed E-state index contributed by atoms with van der Waals surface area (Å²) in [6.07, 6.45) is 0.531. The van der Waals surface area contributed by atoms with Gasteiger partial charge >= 0.3 is 0 Å². The predicted molar refractivity (Wildman–Crippen MR) is 105 cm³/mol. The van der Waals surface area contributed by atoms with Gasteiger partial charge in [-0.1, -0.05) is 42.8 Å². The molecule has 6 heteroatoms. The van der Waals surface area contributed by atoms with E-state index < -0.39 is 0 Å². The first kappa shape index (κ1) is 20.7. The van der Waals surface area contributed by atoms with Crippen molar-refractivity contribution in [3.05, 3.63) is 70.5 Å². The van der Waals surface area contributed by atoms with Crippen LogP contribution in [-0.4, -0.2) is 30.4 Å². The van der Waals surface area contributed by atoms with Gasteiger partial charge in [-0.25, -0.2) is 4.39 Å². The van der Waals surface area contributed by atoms with E-state index in [4.69, 9.17) is 11.6 Å². The summed E-state index contributed by atoms with van der Waals surface area (Å²) in [5, 5.41) is 4.02. The summed E-state index contributed by atoms with van der Waals surface area (Å²) in [7, 11) is 0. The SMILES string of the molecule is CC(Cc1cccc(F)c1)C(=O)N1CCNCC1c1cccc(Cl)c1.Cl. The Bertz CT molecular complexity index is 756. The molecule has 0 spiro atoms. The fraction of sp³-hybridized carbons (Fsp3) is 0.350. The lowest BCUT2D eigenvalue weighted by Gasteiger charge is -2.38. The van der Waals surface area contributed by atoms with Crippen LogP contribution in [-0.2, 0) is 11.2 Å². The van der Waals surface area contributed by atoms with Gasteiger partial charge in [-0.2, -0.15) is 0 Å². The molecule has 26 heavy (non-hydrogen) atoms. The maximum Gasteiger partial charge on any atom is 0.226 e. The number of nitrogens with zero attached hydrogens (tertiary/aromatic N) is 1. The largest absolute Gasteiger partial charge is 0.333 e. The Balaban J connectivity index is 0.00000243. The number of amides is 1. The van der Waals surface area contributed by atoms with E-state index >= 15 is 0 Å². The zero-order valence-corrected chi connectivity index (χ0v) is 16.2. The smallest absolute Gasteiger partial charge is 0.226 e. The van der Waals surface area contributed by atoms with Gasteiger partial charge in [-0.15, -0.1) is 12.4 Å². The van der Waals surface area contributed by atoms with E-state index in [0.717, 1.165) is 17.7 Å². The Kier molecular flexibility index (Phi) is 7.44. The van der Waals surface area contributed by atoms with Gasteiger partial charge in [-0.3, -0.25) is 4.79 Å². The summed E-state index contributed by atoms with van der Waals surface area (Å²) >= 11 is 6.12. The number of hydrogen-bond acceptors (Lipinski definition) is 2. The van der Waals surface area contributed by atoms with Gasteiger partial charge in [-0.05, 0) is 41.8 Å². The minimum absolute atomic E-state index is 0. The summed E-state index contributed by atoms with van der Waals surface area (Å²) < 4.78 is 13.4. The quantitative estimate of drug-likeness (QED) is 0.837. The van der Waals surface area contributed by atoms with Crippen LogP contribution in [0.2, 0.25) is 5.02 Å². The van der Waals surface area contributed by atoms with Crippen LogP contribution in [0.5, 0.6) is 0 Å². The van der Waals surface area contributed by atoms with Crippen molar-refractivity contribution in [2.24, 2.45) is 5.92 Å². The Morgan fingerprint density at radius 3 is 2.81 bits per heavy atom. The molecule has 0 saturated carbocycles. The monoisotopic (exact) mass is 396 g/mol. The summed E-state index contributed by atoms with van der Waals surface area (Å²) in [6.45, 7) is 4.04. The Morgan fingerprint density at radius 1 is 1.31 bits per heavy atom. The molecule has 1 N–H and O–H groups in total. The standard InChI is InChI=1S/C20H22ClFN2O.ClH/c1-14(10-15-4-2-7-18(22)11-15)20(25)24-9-8-23-13-19(24)16-5-3-6-17(21)12-16;/h2-7,11-12,14,19,23H,8-10,13H2,1H3;1H. The van der Waals surface area contributed by atoms with Crippen molar-refractivity contribution in [3.8, 4) is 0 Å². The van der Waals surface area contributed by atoms with Crippen LogP contribution in [0.1, 0.15) is 24.1 Å². The number of hydrogen-bond donors (Lipinski definition) is 1. The molecular weight excluding hydrogens is 374 g/mol. The van der Waals surface area contributed by atoms with Crippen LogP contribution in [0, 0.1) is 11.7 Å². The van der Waals surface area contributed by atoms with Crippen LogP contribution in [0.4, 0.5) is 4.39 Å². The van der Waals surface area contributed by atoms with E-state index in [-0.39, 0.29) is 36.1 Å². The zero-order chi connectivity index (χ0) is 17.8. The van der Waals surface area contributed by atoms with Gasteiger partial charge in [0, 0.05) is 30.6 Å². The number of benzene rings is 2. The molecule has 1 fully saturated rings. The van der Waals surface area contributed by atoms with E-state index in [0.29, 0.717) is 24.5 Å². The third-order valence-electron chi connectivity index (χ3n) is 4.61. The van der Waals surface area contributed by atoms with Crippen LogP contribution in [0.3, 0.4) is 0 Å². The average molecular weight is 397 g/mol. The first-order chi connectivity index (χ1) is 12.0. The number of halogens is 3. The topological polar surface area (TPSA) is 32.3 Å². The van der Waals surface area contributed by atoms with Gasteiger partial charge in [0.15, 0.2) is 0 Å². The highest BCUT2D eigenvalue weighted by Crippen LogP contribution is 2.27. The van der Waals surface area contributed by atoms with Gasteiger partial charge in [0.25, 0.3) is 0 Å². The lowest BCUT2D eigenvalue weighted by molar-refractivity contribution is -0.138. The number of rotatable bonds is 4. The highest BCUT2D eigenvalue weighted by molar-refractivity contribution is 6.30. The second kappa shape index (κ2) is 9.36. The van der Waals surface area contributed by atoms with Gasteiger partial charge in [0.1, 0.15) is 5.82 Å². The first-order valence-electron chi connectivity index (χ1n) is 8.55. The van der Waals surface area contributed by atoms with Crippen molar-refractivity contribution in [1.29, 1.82) is 0 Å². The number of carbonyl (C=O) groups is 1. The molecule has 1 saturated heterocycles. The second-order valence-corrected chi connectivity index (χ2v) is 6.98. The van der Waals surface area contributed by atoms with Crippen LogP contribution in [0.15, 0.2) is 48.5 Å². The highest BCUT2D eigenvalue weighted by Gasteiger charge is 2.30. The Labute approximate surface area is 164 Å². The normalized spacial score (nSPS) is 18.1. The van der Waals surface area contributed by atoms with Crippen molar-refractivity contribution >= 4 is 29.9 Å². The summed E-state index contributed by atoms with van der Waals surface area (Å²) in [6, 6.07) is 14.1. The molecule has 0 aliphatic carbocycles. The molecule has 1 amide bonds. The summed E-state index contributed by atoms with van der Waals surface area (Å²) in [5.74, 6) is -0.381. The second-order valence-electron chi connectivity index (χ2n) is 6.54. The Morgan fingerprint density at radius 2 is 2.08 bits per heavy atom. The van der Waals surface area contributed by atoms with Crippen molar-refractivity contribution in [1.82, 2.24) is 10.2 Å². The molecule has 0 radical (unpaired) electrons. The van der Waals surface area contributed by atoms with Crippen LogP contribution in [0.25, 0.3) is 0 Å². The zero-order valence-electron chi connectivity index (χ0n) is 14.6. The molecule has 2 atom stereocenters. The molecule has 140 valence electrons. The molecule has 0 aromatic heterocycles. The van der Waals surface area contributed by atoms with Crippen LogP contribution < -0.4 is 5.32 Å². The van der Waals surface area contributed by atoms with Gasteiger partial charge < -0.3 is 10.2 Å². The third-order valence-corrected chi connectivity index (χ3v) is 4.85. The minimum atomic E-state index is -0.267. The maximum atomic E-state index is 13.4. The predicted octanol–water partition coefficient (Wildman–Crippen LogP) is 4.25. The van der Waals surface area contributed by atoms with Crippen molar-refractivity contribution in [2.45, 2.75) is 19.4 Å². The highest BCUT2D eigenvalue weighted by atomic mass is 35.5. The lowest BCUT2D eigenvalue weighted by Crippen LogP contribution is -2.50. The van der Waals surface area contributed by atoms with E-state index in [2.05, 4.69) is 5.32 Å². The molecular formula is C20H23Cl2FN2O. The third kappa shape index (κ3) is 4.97. The van der Waals surface area contributed by atoms with E-state index in [9.17, 15) is 9.18 Å². The summed E-state index contributed by atoms with van der Waals surface area (Å²) in [5.41, 5.74) is 1.88. The average Bonchev–Trinajstić information content (AvgIpc) is 2.61.